The van der Waals surface area contributed by atoms with Gasteiger partial charge in [0.05, 0.1) is 16.8 Å². The van der Waals surface area contributed by atoms with Gasteiger partial charge in [0.2, 0.25) is 5.43 Å². The molecule has 0 saturated carbocycles. The second-order valence-electron chi connectivity index (χ2n) is 8.46. The van der Waals surface area contributed by atoms with Gasteiger partial charge in [0.15, 0.2) is 6.10 Å². The van der Waals surface area contributed by atoms with Crippen LogP contribution in [0.5, 0.6) is 0 Å². The molecule has 0 aliphatic carbocycles. The fourth-order valence-corrected chi connectivity index (χ4v) is 3.96. The highest BCUT2D eigenvalue weighted by molar-refractivity contribution is 5.98. The third-order valence-corrected chi connectivity index (χ3v) is 6.08. The van der Waals surface area contributed by atoms with Gasteiger partial charge in [-0.1, -0.05) is 18.2 Å². The lowest BCUT2D eigenvalue weighted by Gasteiger charge is -2.14. The molecular weight excluding hydrogens is 462 g/mol. The zero-order valence-electron chi connectivity index (χ0n) is 20.7. The predicted molar refractivity (Wildman–Crippen MR) is 136 cm³/mol. The van der Waals surface area contributed by atoms with E-state index in [4.69, 9.17) is 4.74 Å². The Labute approximate surface area is 206 Å². The first-order chi connectivity index (χ1) is 17.1. The Morgan fingerprint density at radius 3 is 2.44 bits per heavy atom. The number of hydrogen-bond donors (Lipinski definition) is 1. The summed E-state index contributed by atoms with van der Waals surface area (Å²) in [5, 5.41) is 2.86. The first kappa shape index (κ1) is 24.6. The lowest BCUT2D eigenvalue weighted by molar-refractivity contribution is -0.123. The average Bonchev–Trinajstić information content (AvgIpc) is 3.07. The Morgan fingerprint density at radius 1 is 1.08 bits per heavy atom. The van der Waals surface area contributed by atoms with Crippen molar-refractivity contribution in [1.82, 2.24) is 18.9 Å². The third kappa shape index (κ3) is 4.33. The molecule has 1 atom stereocenters. The van der Waals surface area contributed by atoms with E-state index in [-0.39, 0.29) is 16.6 Å². The number of nitrogens with one attached hydrogen (secondary N) is 1. The molecule has 0 aliphatic heterocycles. The number of hydrogen-bond acceptors (Lipinski definition) is 6. The van der Waals surface area contributed by atoms with E-state index in [0.717, 1.165) is 5.69 Å². The number of carbonyl (C=O) groups excluding carboxylic acids is 2. The molecule has 3 aromatic heterocycles. The number of anilines is 1. The first-order valence-corrected chi connectivity index (χ1v) is 11.5. The summed E-state index contributed by atoms with van der Waals surface area (Å²) in [5.74, 6) is -1.62. The number of pyridine rings is 2. The summed E-state index contributed by atoms with van der Waals surface area (Å²) in [6.45, 7) is 7.24. The summed E-state index contributed by atoms with van der Waals surface area (Å²) in [6.07, 6.45) is 0.132. The first-order valence-electron chi connectivity index (χ1n) is 11.5. The summed E-state index contributed by atoms with van der Waals surface area (Å²) < 4.78 is 10.1. The van der Waals surface area contributed by atoms with Gasteiger partial charge < -0.3 is 14.6 Å². The van der Waals surface area contributed by atoms with Crippen LogP contribution in [-0.4, -0.2) is 36.9 Å². The van der Waals surface area contributed by atoms with Gasteiger partial charge in [-0.3, -0.25) is 19.1 Å². The molecule has 0 fully saturated rings. The van der Waals surface area contributed by atoms with E-state index in [9.17, 15) is 19.2 Å². The maximum atomic E-state index is 13.0. The van der Waals surface area contributed by atoms with Crippen molar-refractivity contribution >= 4 is 28.6 Å². The fourth-order valence-electron chi connectivity index (χ4n) is 3.96. The maximum Gasteiger partial charge on any atom is 0.344 e. The highest BCUT2D eigenvalue weighted by Gasteiger charge is 2.25. The van der Waals surface area contributed by atoms with Crippen LogP contribution >= 0.6 is 0 Å². The number of benzene rings is 1. The number of para-hydroxylation sites is 1. The Morgan fingerprint density at radius 2 is 1.78 bits per heavy atom. The number of amides is 1. The van der Waals surface area contributed by atoms with Crippen molar-refractivity contribution in [1.29, 1.82) is 0 Å². The number of esters is 1. The summed E-state index contributed by atoms with van der Waals surface area (Å²) >= 11 is 0. The molecule has 0 bridgehead atoms. The lowest BCUT2D eigenvalue weighted by Crippen LogP contribution is -2.33. The molecule has 1 amide bonds. The quantitative estimate of drug-likeness (QED) is 0.416. The SMILES string of the molecule is CCn1cc(C(=O)O[C@@H](C)C(=O)Nc2c(C)n(C)n(-c3ccccc3)c2=O)c(=O)c2ccc(C)nc21. The summed E-state index contributed by atoms with van der Waals surface area (Å²) in [6, 6.07) is 12.3. The predicted octanol–water partition coefficient (Wildman–Crippen LogP) is 2.71. The summed E-state index contributed by atoms with van der Waals surface area (Å²) in [4.78, 5) is 56.1. The van der Waals surface area contributed by atoms with Crippen molar-refractivity contribution in [3.63, 3.8) is 0 Å². The lowest BCUT2D eigenvalue weighted by atomic mass is 10.2. The van der Waals surface area contributed by atoms with E-state index >= 15 is 0 Å². The van der Waals surface area contributed by atoms with Crippen LogP contribution in [0, 0.1) is 13.8 Å². The maximum absolute atomic E-state index is 13.0. The number of aromatic nitrogens is 4. The Bertz CT molecular complexity index is 1600. The van der Waals surface area contributed by atoms with E-state index in [2.05, 4.69) is 10.3 Å². The Balaban J connectivity index is 1.58. The molecule has 3 heterocycles. The molecule has 10 nitrogen and oxygen atoms in total. The van der Waals surface area contributed by atoms with Crippen LogP contribution in [0.25, 0.3) is 16.7 Å². The molecule has 0 aliphatic rings. The molecule has 186 valence electrons. The standard InChI is InChI=1S/C26H27N5O5/c1-6-30-14-20(22(32)19-13-12-15(2)27-23(19)30)26(35)36-17(4)24(33)28-21-16(3)29(5)31(25(21)34)18-10-8-7-9-11-18/h7-14,17H,6H2,1-5H3,(H,28,33)/t17-/m0/s1. The topological polar surface area (TPSA) is 117 Å². The monoisotopic (exact) mass is 489 g/mol. The zero-order chi connectivity index (χ0) is 26.1. The highest BCUT2D eigenvalue weighted by Crippen LogP contribution is 2.16. The Kier molecular flexibility index (Phi) is 6.61. The van der Waals surface area contributed by atoms with Crippen molar-refractivity contribution in [2.75, 3.05) is 5.32 Å². The summed E-state index contributed by atoms with van der Waals surface area (Å²) in [5.41, 5.74) is 1.32. The van der Waals surface area contributed by atoms with Crippen molar-refractivity contribution in [2.45, 2.75) is 40.3 Å². The Hall–Kier alpha value is -4.47. The van der Waals surface area contributed by atoms with E-state index in [1.165, 1.54) is 17.8 Å². The van der Waals surface area contributed by atoms with E-state index < -0.39 is 29.0 Å². The van der Waals surface area contributed by atoms with Gasteiger partial charge in [0, 0.05) is 25.5 Å². The van der Waals surface area contributed by atoms with E-state index in [1.807, 2.05) is 19.9 Å². The third-order valence-electron chi connectivity index (χ3n) is 6.08. The van der Waals surface area contributed by atoms with Gasteiger partial charge in [-0.2, -0.15) is 0 Å². The molecule has 0 saturated heterocycles. The van der Waals surface area contributed by atoms with Crippen molar-refractivity contribution in [2.24, 2.45) is 7.05 Å². The van der Waals surface area contributed by atoms with Gasteiger partial charge in [-0.05, 0) is 52.0 Å². The number of fused-ring (bicyclic) bond motifs is 1. The second-order valence-corrected chi connectivity index (χ2v) is 8.46. The largest absolute Gasteiger partial charge is 0.449 e. The molecule has 1 N–H and O–H groups in total. The zero-order valence-corrected chi connectivity index (χ0v) is 20.7. The molecule has 0 radical (unpaired) electrons. The molecule has 0 spiro atoms. The second kappa shape index (κ2) is 9.65. The molecule has 36 heavy (non-hydrogen) atoms. The van der Waals surface area contributed by atoms with Crippen LogP contribution < -0.4 is 16.3 Å². The smallest absolute Gasteiger partial charge is 0.344 e. The minimum Gasteiger partial charge on any atom is -0.449 e. The molecule has 0 unspecified atom stereocenters. The number of carbonyl (C=O) groups is 2. The van der Waals surface area contributed by atoms with E-state index in [1.54, 1.807) is 59.6 Å². The number of aryl methyl sites for hydroxylation is 2. The van der Waals surface area contributed by atoms with Crippen molar-refractivity contribution in [3.8, 4) is 5.69 Å². The van der Waals surface area contributed by atoms with Gasteiger partial charge in [0.1, 0.15) is 16.9 Å². The van der Waals surface area contributed by atoms with Crippen LogP contribution in [0.15, 0.2) is 58.3 Å². The average molecular weight is 490 g/mol. The molecular formula is C26H27N5O5. The molecule has 4 rings (SSSR count). The minimum atomic E-state index is -1.26. The van der Waals surface area contributed by atoms with Crippen LogP contribution in [-0.2, 0) is 23.1 Å². The van der Waals surface area contributed by atoms with Crippen LogP contribution in [0.1, 0.15) is 35.6 Å². The number of rotatable bonds is 6. The van der Waals surface area contributed by atoms with Crippen LogP contribution in [0.2, 0.25) is 0 Å². The van der Waals surface area contributed by atoms with Crippen LogP contribution in [0.4, 0.5) is 5.69 Å². The fraction of sp³-hybridized carbons (Fsp3) is 0.269. The minimum absolute atomic E-state index is 0.0785. The van der Waals surface area contributed by atoms with E-state index in [0.29, 0.717) is 23.6 Å². The normalized spacial score (nSPS) is 11.9. The van der Waals surface area contributed by atoms with Crippen molar-refractivity contribution < 1.29 is 14.3 Å². The van der Waals surface area contributed by atoms with Gasteiger partial charge in [-0.25, -0.2) is 14.5 Å². The van der Waals surface area contributed by atoms with Crippen LogP contribution in [0.3, 0.4) is 0 Å². The number of ether oxygens (including phenoxy) is 1. The van der Waals surface area contributed by atoms with Crippen molar-refractivity contribution in [3.05, 3.63) is 86.2 Å². The molecule has 4 aromatic rings. The molecule has 1 aromatic carbocycles. The molecule has 10 heteroatoms. The van der Waals surface area contributed by atoms with Gasteiger partial charge in [0.25, 0.3) is 11.5 Å². The summed E-state index contributed by atoms with van der Waals surface area (Å²) in [7, 11) is 1.71. The number of nitrogens with zero attached hydrogens (tertiary/aromatic N) is 4. The van der Waals surface area contributed by atoms with Gasteiger partial charge >= 0.3 is 5.97 Å². The van der Waals surface area contributed by atoms with Gasteiger partial charge in [-0.15, -0.1) is 0 Å². The highest BCUT2D eigenvalue weighted by atomic mass is 16.5.